The summed E-state index contributed by atoms with van der Waals surface area (Å²) in [5.41, 5.74) is 9.64. The molecule has 2 aromatic carbocycles. The quantitative estimate of drug-likeness (QED) is 0.491. The lowest BCUT2D eigenvalue weighted by Crippen LogP contribution is -2.36. The minimum atomic E-state index is 0.140. The lowest BCUT2D eigenvalue weighted by Gasteiger charge is -2.22. The summed E-state index contributed by atoms with van der Waals surface area (Å²) >= 11 is 0. The summed E-state index contributed by atoms with van der Waals surface area (Å²) in [5, 5.41) is 2.69. The van der Waals surface area contributed by atoms with Crippen molar-refractivity contribution in [2.45, 2.75) is 53.9 Å². The van der Waals surface area contributed by atoms with Gasteiger partial charge in [0.05, 0.1) is 10.9 Å². The minimum Gasteiger partial charge on any atom is -0.198 e. The van der Waals surface area contributed by atoms with E-state index in [-0.39, 0.29) is 5.41 Å². The van der Waals surface area contributed by atoms with Gasteiger partial charge in [0.1, 0.15) is 7.05 Å². The first-order valence-electron chi connectivity index (χ1n) is 9.13. The van der Waals surface area contributed by atoms with Crippen molar-refractivity contribution in [2.75, 3.05) is 0 Å². The average molecular weight is 333 g/mol. The van der Waals surface area contributed by atoms with Crippen LogP contribution in [0, 0.1) is 27.7 Å². The zero-order valence-corrected chi connectivity index (χ0v) is 16.9. The molecule has 0 spiro atoms. The van der Waals surface area contributed by atoms with Crippen LogP contribution in [0.1, 0.15) is 48.7 Å². The second-order valence-corrected chi connectivity index (χ2v) is 8.38. The molecule has 130 valence electrons. The highest BCUT2D eigenvalue weighted by molar-refractivity contribution is 5.96. The molecule has 3 rings (SSSR count). The van der Waals surface area contributed by atoms with Gasteiger partial charge < -0.3 is 0 Å². The fourth-order valence-electron chi connectivity index (χ4n) is 3.68. The Morgan fingerprint density at radius 3 is 2.00 bits per heavy atom. The maximum atomic E-state index is 2.40. The van der Waals surface area contributed by atoms with Gasteiger partial charge in [-0.1, -0.05) is 45.0 Å². The monoisotopic (exact) mass is 332 g/mol. The molecule has 0 atom stereocenters. The summed E-state index contributed by atoms with van der Waals surface area (Å²) in [7, 11) is 2.20. The summed E-state index contributed by atoms with van der Waals surface area (Å²) in [4.78, 5) is 0. The molecular formula is C24H30N+. The number of rotatable bonds is 1. The van der Waals surface area contributed by atoms with Crippen LogP contribution in [-0.4, -0.2) is 0 Å². The van der Waals surface area contributed by atoms with Crippen molar-refractivity contribution in [2.24, 2.45) is 7.05 Å². The Bertz CT molecular complexity index is 972. The van der Waals surface area contributed by atoms with Crippen molar-refractivity contribution >= 4 is 10.8 Å². The topological polar surface area (TPSA) is 3.88 Å². The molecule has 0 bridgehead atoms. The number of fused-ring (bicyclic) bond motifs is 1. The third kappa shape index (κ3) is 2.86. The molecule has 0 fully saturated rings. The van der Waals surface area contributed by atoms with Crippen LogP contribution in [0.25, 0.3) is 22.0 Å². The molecule has 0 aliphatic carbocycles. The van der Waals surface area contributed by atoms with E-state index in [1.165, 1.54) is 50.0 Å². The minimum absolute atomic E-state index is 0.140. The van der Waals surface area contributed by atoms with Gasteiger partial charge in [0.25, 0.3) is 0 Å². The standard InChI is InChI=1S/C24H30N/c1-15-13-19(24(5,6)7)14-22(16(15)2)23-21-12-10-9-11-20(21)17(3)18(4)25(23)8/h9-14H,1-8H3/q+1. The van der Waals surface area contributed by atoms with Gasteiger partial charge >= 0.3 is 0 Å². The summed E-state index contributed by atoms with van der Waals surface area (Å²) in [6.07, 6.45) is 0. The van der Waals surface area contributed by atoms with Crippen LogP contribution in [0.5, 0.6) is 0 Å². The molecule has 1 aromatic heterocycles. The Morgan fingerprint density at radius 1 is 0.800 bits per heavy atom. The average Bonchev–Trinajstić information content (AvgIpc) is 2.55. The van der Waals surface area contributed by atoms with E-state index in [1.54, 1.807) is 0 Å². The van der Waals surface area contributed by atoms with Crippen LogP contribution < -0.4 is 4.57 Å². The zero-order valence-electron chi connectivity index (χ0n) is 16.9. The van der Waals surface area contributed by atoms with Crippen LogP contribution in [0.15, 0.2) is 36.4 Å². The van der Waals surface area contributed by atoms with Gasteiger partial charge in [-0.05, 0) is 60.4 Å². The molecule has 0 amide bonds. The fourth-order valence-corrected chi connectivity index (χ4v) is 3.68. The molecular weight excluding hydrogens is 302 g/mol. The molecule has 25 heavy (non-hydrogen) atoms. The SMILES string of the molecule is Cc1cc(C(C)(C)C)cc(-c2c3ccccc3c(C)c(C)[n+]2C)c1C. The Kier molecular flexibility index (Phi) is 4.23. The van der Waals surface area contributed by atoms with Gasteiger partial charge in [-0.2, -0.15) is 4.57 Å². The number of aromatic nitrogens is 1. The number of aryl methyl sites for hydroxylation is 2. The predicted octanol–water partition coefficient (Wildman–Crippen LogP) is 5.86. The van der Waals surface area contributed by atoms with Crippen LogP contribution >= 0.6 is 0 Å². The predicted molar refractivity (Wildman–Crippen MR) is 108 cm³/mol. The van der Waals surface area contributed by atoms with E-state index in [4.69, 9.17) is 0 Å². The largest absolute Gasteiger partial charge is 0.220 e. The van der Waals surface area contributed by atoms with E-state index in [2.05, 4.69) is 96.5 Å². The molecule has 3 aromatic rings. The number of hydrogen-bond donors (Lipinski definition) is 0. The maximum absolute atomic E-state index is 2.40. The molecule has 0 unspecified atom stereocenters. The molecule has 0 saturated carbocycles. The van der Waals surface area contributed by atoms with Crippen molar-refractivity contribution in [3.05, 3.63) is 64.3 Å². The summed E-state index contributed by atoms with van der Waals surface area (Å²) in [6.45, 7) is 15.8. The van der Waals surface area contributed by atoms with Crippen LogP contribution in [-0.2, 0) is 12.5 Å². The second-order valence-electron chi connectivity index (χ2n) is 8.38. The van der Waals surface area contributed by atoms with Gasteiger partial charge in [-0.3, -0.25) is 0 Å². The third-order valence-electron chi connectivity index (χ3n) is 5.76. The molecule has 1 nitrogen and oxygen atoms in total. The lowest BCUT2D eigenvalue weighted by atomic mass is 9.82. The van der Waals surface area contributed by atoms with Crippen molar-refractivity contribution < 1.29 is 4.57 Å². The summed E-state index contributed by atoms with van der Waals surface area (Å²) in [5.74, 6) is 0. The van der Waals surface area contributed by atoms with Crippen LogP contribution in [0.4, 0.5) is 0 Å². The Hall–Kier alpha value is -2.15. The van der Waals surface area contributed by atoms with Gasteiger partial charge in [0, 0.05) is 12.5 Å². The first-order chi connectivity index (χ1) is 11.6. The van der Waals surface area contributed by atoms with Crippen LogP contribution in [0.2, 0.25) is 0 Å². The van der Waals surface area contributed by atoms with E-state index in [9.17, 15) is 0 Å². The molecule has 0 aliphatic heterocycles. The highest BCUT2D eigenvalue weighted by Crippen LogP contribution is 2.35. The number of hydrogen-bond acceptors (Lipinski definition) is 0. The first-order valence-corrected chi connectivity index (χ1v) is 9.13. The third-order valence-corrected chi connectivity index (χ3v) is 5.76. The van der Waals surface area contributed by atoms with Crippen molar-refractivity contribution in [3.63, 3.8) is 0 Å². The lowest BCUT2D eigenvalue weighted by molar-refractivity contribution is -0.665. The molecule has 0 aliphatic rings. The summed E-state index contributed by atoms with van der Waals surface area (Å²) in [6, 6.07) is 13.5. The van der Waals surface area contributed by atoms with Gasteiger partial charge in [-0.15, -0.1) is 0 Å². The first kappa shape index (κ1) is 17.7. The van der Waals surface area contributed by atoms with Crippen molar-refractivity contribution in [3.8, 4) is 11.3 Å². The Morgan fingerprint density at radius 2 is 1.40 bits per heavy atom. The fraction of sp³-hybridized carbons (Fsp3) is 0.375. The van der Waals surface area contributed by atoms with Gasteiger partial charge in [0.2, 0.25) is 5.69 Å². The number of benzene rings is 2. The van der Waals surface area contributed by atoms with Crippen molar-refractivity contribution in [1.82, 2.24) is 0 Å². The van der Waals surface area contributed by atoms with E-state index in [1.807, 2.05) is 0 Å². The number of pyridine rings is 1. The molecule has 0 saturated heterocycles. The van der Waals surface area contributed by atoms with E-state index >= 15 is 0 Å². The van der Waals surface area contributed by atoms with Crippen molar-refractivity contribution in [1.29, 1.82) is 0 Å². The summed E-state index contributed by atoms with van der Waals surface area (Å²) < 4.78 is 2.37. The normalized spacial score (nSPS) is 12.0. The smallest absolute Gasteiger partial charge is 0.198 e. The van der Waals surface area contributed by atoms with E-state index in [0.717, 1.165) is 0 Å². The Labute approximate surface area is 152 Å². The molecule has 0 radical (unpaired) electrons. The second kappa shape index (κ2) is 5.98. The highest BCUT2D eigenvalue weighted by atomic mass is 14.9. The van der Waals surface area contributed by atoms with Crippen LogP contribution in [0.3, 0.4) is 0 Å². The zero-order chi connectivity index (χ0) is 18.5. The molecule has 1 heterocycles. The maximum Gasteiger partial charge on any atom is 0.220 e. The molecule has 0 N–H and O–H groups in total. The van der Waals surface area contributed by atoms with Gasteiger partial charge in [0.15, 0.2) is 5.69 Å². The highest BCUT2D eigenvalue weighted by Gasteiger charge is 2.25. The molecule has 1 heteroatoms. The van der Waals surface area contributed by atoms with E-state index in [0.29, 0.717) is 0 Å². The number of nitrogens with zero attached hydrogens (tertiary/aromatic N) is 1. The van der Waals surface area contributed by atoms with Gasteiger partial charge in [-0.25, -0.2) is 0 Å². The Balaban J connectivity index is 2.48. The van der Waals surface area contributed by atoms with E-state index < -0.39 is 0 Å².